The number of alkyl halides is 1. The second kappa shape index (κ2) is 5.18. The number of benzene rings is 2. The first-order chi connectivity index (χ1) is 10.8. The van der Waals surface area contributed by atoms with Crippen LogP contribution in [-0.2, 0) is 0 Å². The van der Waals surface area contributed by atoms with Crippen molar-refractivity contribution in [1.82, 2.24) is 9.88 Å². The number of aromatic nitrogens is 1. The number of hydrogen-bond acceptors (Lipinski definition) is 1. The number of fused-ring (bicyclic) bond motifs is 2. The van der Waals surface area contributed by atoms with Gasteiger partial charge in [-0.3, -0.25) is 4.79 Å². The lowest BCUT2D eigenvalue weighted by molar-refractivity contribution is 0.0761. The molecule has 0 fully saturated rings. The molecule has 0 unspecified atom stereocenters. The van der Waals surface area contributed by atoms with E-state index in [4.69, 9.17) is 11.6 Å². The van der Waals surface area contributed by atoms with Gasteiger partial charge in [-0.2, -0.15) is 0 Å². The molecule has 0 bridgehead atoms. The van der Waals surface area contributed by atoms with Crippen LogP contribution in [0, 0.1) is 0 Å². The van der Waals surface area contributed by atoms with Gasteiger partial charge < -0.3 is 9.88 Å². The van der Waals surface area contributed by atoms with Gasteiger partial charge in [-0.05, 0) is 17.7 Å². The van der Waals surface area contributed by atoms with Gasteiger partial charge in [0.2, 0.25) is 0 Å². The Labute approximate surface area is 133 Å². The molecule has 22 heavy (non-hydrogen) atoms. The molecule has 1 amide bonds. The minimum absolute atomic E-state index is 0.0616. The zero-order valence-electron chi connectivity index (χ0n) is 11.9. The van der Waals surface area contributed by atoms with Crippen LogP contribution >= 0.6 is 11.6 Å². The topological polar surface area (TPSA) is 36.1 Å². The highest BCUT2D eigenvalue weighted by molar-refractivity contribution is 6.18. The molecule has 4 rings (SSSR count). The Hall–Kier alpha value is -2.26. The third-order valence-electron chi connectivity index (χ3n) is 4.30. The van der Waals surface area contributed by atoms with Crippen molar-refractivity contribution < 1.29 is 4.79 Å². The number of hydrogen-bond donors (Lipinski definition) is 1. The Bertz CT molecular complexity index is 855. The molecule has 2 aromatic carbocycles. The second-order valence-electron chi connectivity index (χ2n) is 5.47. The molecule has 3 nitrogen and oxygen atoms in total. The van der Waals surface area contributed by atoms with Gasteiger partial charge in [0.15, 0.2) is 0 Å². The summed E-state index contributed by atoms with van der Waals surface area (Å²) in [5.74, 6) is 0.491. The lowest BCUT2D eigenvalue weighted by atomic mass is 9.97. The average Bonchev–Trinajstić information content (AvgIpc) is 3.09. The summed E-state index contributed by atoms with van der Waals surface area (Å²) < 4.78 is 0. The SMILES string of the molecule is O=C1c2ccccc2[C@H](c2c[nH]c3ccccc23)N1CCCl. The highest BCUT2D eigenvalue weighted by Gasteiger charge is 2.37. The Morgan fingerprint density at radius 2 is 1.82 bits per heavy atom. The maximum Gasteiger partial charge on any atom is 0.255 e. The molecule has 0 radical (unpaired) electrons. The van der Waals surface area contributed by atoms with Crippen LogP contribution in [-0.4, -0.2) is 28.2 Å². The van der Waals surface area contributed by atoms with E-state index in [2.05, 4.69) is 11.1 Å². The fraction of sp³-hybridized carbons (Fsp3) is 0.167. The van der Waals surface area contributed by atoms with Gasteiger partial charge in [0.05, 0.1) is 6.04 Å². The van der Waals surface area contributed by atoms with Crippen molar-refractivity contribution in [1.29, 1.82) is 0 Å². The highest BCUT2D eigenvalue weighted by Crippen LogP contribution is 2.40. The Balaban J connectivity index is 1.93. The molecule has 1 aliphatic heterocycles. The summed E-state index contributed by atoms with van der Waals surface area (Å²) in [7, 11) is 0. The van der Waals surface area contributed by atoms with Crippen LogP contribution in [0.2, 0.25) is 0 Å². The van der Waals surface area contributed by atoms with E-state index in [0.717, 1.165) is 27.6 Å². The van der Waals surface area contributed by atoms with Crippen molar-refractivity contribution in [2.75, 3.05) is 12.4 Å². The van der Waals surface area contributed by atoms with Crippen LogP contribution in [0.1, 0.15) is 27.5 Å². The Morgan fingerprint density at radius 1 is 1.05 bits per heavy atom. The first-order valence-electron chi connectivity index (χ1n) is 7.33. The van der Waals surface area contributed by atoms with E-state index in [1.807, 2.05) is 53.6 Å². The van der Waals surface area contributed by atoms with Crippen LogP contribution in [0.3, 0.4) is 0 Å². The summed E-state index contributed by atoms with van der Waals surface area (Å²) in [6.45, 7) is 0.541. The Kier molecular flexibility index (Phi) is 3.16. The van der Waals surface area contributed by atoms with E-state index in [9.17, 15) is 4.79 Å². The van der Waals surface area contributed by atoms with Crippen LogP contribution in [0.25, 0.3) is 10.9 Å². The van der Waals surface area contributed by atoms with Crippen molar-refractivity contribution >= 4 is 28.4 Å². The molecule has 0 spiro atoms. The molecule has 1 atom stereocenters. The number of amides is 1. The lowest BCUT2D eigenvalue weighted by Crippen LogP contribution is -2.30. The number of para-hydroxylation sites is 1. The van der Waals surface area contributed by atoms with Crippen molar-refractivity contribution in [2.45, 2.75) is 6.04 Å². The van der Waals surface area contributed by atoms with Gasteiger partial charge >= 0.3 is 0 Å². The maximum absolute atomic E-state index is 12.7. The summed E-state index contributed by atoms with van der Waals surface area (Å²) >= 11 is 5.93. The van der Waals surface area contributed by atoms with E-state index in [1.165, 1.54) is 0 Å². The van der Waals surface area contributed by atoms with Crippen molar-refractivity contribution in [2.24, 2.45) is 0 Å². The zero-order chi connectivity index (χ0) is 15.1. The van der Waals surface area contributed by atoms with E-state index < -0.39 is 0 Å². The highest BCUT2D eigenvalue weighted by atomic mass is 35.5. The molecule has 3 aromatic rings. The first-order valence-corrected chi connectivity index (χ1v) is 7.86. The number of H-pyrrole nitrogens is 1. The minimum atomic E-state index is -0.0707. The summed E-state index contributed by atoms with van der Waals surface area (Å²) in [6, 6.07) is 15.9. The predicted molar refractivity (Wildman–Crippen MR) is 88.3 cm³/mol. The first kappa shape index (κ1) is 13.4. The van der Waals surface area contributed by atoms with Gasteiger partial charge in [0.1, 0.15) is 0 Å². The van der Waals surface area contributed by atoms with Crippen LogP contribution in [0.5, 0.6) is 0 Å². The number of aromatic amines is 1. The molecule has 0 saturated heterocycles. The number of carbonyl (C=O) groups excluding carboxylic acids is 1. The van der Waals surface area contributed by atoms with Crippen LogP contribution < -0.4 is 0 Å². The third-order valence-corrected chi connectivity index (χ3v) is 4.47. The van der Waals surface area contributed by atoms with Gasteiger partial charge in [-0.25, -0.2) is 0 Å². The van der Waals surface area contributed by atoms with Gasteiger partial charge in [-0.1, -0.05) is 36.4 Å². The molecule has 2 heterocycles. The number of nitrogens with one attached hydrogen (secondary N) is 1. The quantitative estimate of drug-likeness (QED) is 0.731. The standard InChI is InChI=1S/C18H15ClN2O/c19-9-10-21-17(13-6-1-2-7-14(13)18(21)22)15-11-20-16-8-4-3-5-12(15)16/h1-8,11,17,20H,9-10H2/t17-/m1/s1. The normalized spacial score (nSPS) is 17.2. The summed E-state index contributed by atoms with van der Waals surface area (Å²) in [4.78, 5) is 17.9. The lowest BCUT2D eigenvalue weighted by Gasteiger charge is -2.24. The third kappa shape index (κ3) is 1.86. The molecule has 1 aromatic heterocycles. The van der Waals surface area contributed by atoms with Gasteiger partial charge in [0, 0.05) is 40.7 Å². The fourth-order valence-corrected chi connectivity index (χ4v) is 3.53. The van der Waals surface area contributed by atoms with Crippen molar-refractivity contribution in [3.05, 3.63) is 71.4 Å². The van der Waals surface area contributed by atoms with Crippen molar-refractivity contribution in [3.63, 3.8) is 0 Å². The fourth-order valence-electron chi connectivity index (χ4n) is 3.35. The second-order valence-corrected chi connectivity index (χ2v) is 5.84. The smallest absolute Gasteiger partial charge is 0.255 e. The number of halogens is 1. The molecular formula is C18H15ClN2O. The summed E-state index contributed by atoms with van der Waals surface area (Å²) in [5.41, 5.74) is 4.05. The van der Waals surface area contributed by atoms with E-state index in [1.54, 1.807) is 0 Å². The number of carbonyl (C=O) groups is 1. The zero-order valence-corrected chi connectivity index (χ0v) is 12.7. The molecule has 4 heteroatoms. The van der Waals surface area contributed by atoms with Crippen molar-refractivity contribution in [3.8, 4) is 0 Å². The number of rotatable bonds is 3. The predicted octanol–water partition coefficient (Wildman–Crippen LogP) is 3.95. The summed E-state index contributed by atoms with van der Waals surface area (Å²) in [5, 5.41) is 1.15. The minimum Gasteiger partial charge on any atom is -0.361 e. The Morgan fingerprint density at radius 3 is 2.68 bits per heavy atom. The molecular weight excluding hydrogens is 296 g/mol. The average molecular weight is 311 g/mol. The monoisotopic (exact) mass is 310 g/mol. The van der Waals surface area contributed by atoms with E-state index in [-0.39, 0.29) is 11.9 Å². The molecule has 0 aliphatic carbocycles. The molecule has 1 N–H and O–H groups in total. The van der Waals surface area contributed by atoms with Gasteiger partial charge in [0.25, 0.3) is 5.91 Å². The van der Waals surface area contributed by atoms with Crippen LogP contribution in [0.15, 0.2) is 54.7 Å². The molecule has 1 aliphatic rings. The summed E-state index contributed by atoms with van der Waals surface area (Å²) in [6.07, 6.45) is 2.01. The maximum atomic E-state index is 12.7. The van der Waals surface area contributed by atoms with Gasteiger partial charge in [-0.15, -0.1) is 11.6 Å². The number of nitrogens with zero attached hydrogens (tertiary/aromatic N) is 1. The van der Waals surface area contributed by atoms with E-state index in [0.29, 0.717) is 12.4 Å². The van der Waals surface area contributed by atoms with Crippen LogP contribution in [0.4, 0.5) is 0 Å². The largest absolute Gasteiger partial charge is 0.361 e. The molecule has 110 valence electrons. The van der Waals surface area contributed by atoms with E-state index >= 15 is 0 Å². The molecule has 0 saturated carbocycles.